The molecule has 0 amide bonds. The summed E-state index contributed by atoms with van der Waals surface area (Å²) in [7, 11) is 0. The van der Waals surface area contributed by atoms with E-state index in [1.54, 1.807) is 18.2 Å². The van der Waals surface area contributed by atoms with Gasteiger partial charge < -0.3 is 10.5 Å². The Morgan fingerprint density at radius 1 is 1.33 bits per heavy atom. The summed E-state index contributed by atoms with van der Waals surface area (Å²) >= 11 is 5.72. The number of nitrogens with zero attached hydrogens (tertiary/aromatic N) is 2. The molecular formula is C18H23ClFN3O. The lowest BCUT2D eigenvalue weighted by Gasteiger charge is -2.27. The Labute approximate surface area is 147 Å². The Bertz CT molecular complexity index is 719. The van der Waals surface area contributed by atoms with E-state index < -0.39 is 11.4 Å². The molecule has 0 radical (unpaired) electrons. The van der Waals surface area contributed by atoms with Crippen LogP contribution in [-0.2, 0) is 0 Å². The summed E-state index contributed by atoms with van der Waals surface area (Å²) in [5.74, 6) is 0.551. The fourth-order valence-corrected chi connectivity index (χ4v) is 2.86. The number of hydrogen-bond acceptors (Lipinski definition) is 4. The van der Waals surface area contributed by atoms with Crippen molar-refractivity contribution in [3.8, 4) is 17.0 Å². The van der Waals surface area contributed by atoms with Gasteiger partial charge in [0.05, 0.1) is 11.4 Å². The van der Waals surface area contributed by atoms with Crippen molar-refractivity contribution in [1.29, 1.82) is 0 Å². The molecule has 0 saturated carbocycles. The molecule has 0 fully saturated rings. The molecule has 0 aromatic carbocycles. The van der Waals surface area contributed by atoms with Gasteiger partial charge in [0.25, 0.3) is 0 Å². The molecule has 2 aromatic heterocycles. The first kappa shape index (κ1) is 18.6. The van der Waals surface area contributed by atoms with Gasteiger partial charge in [0.2, 0.25) is 0 Å². The van der Waals surface area contributed by atoms with E-state index in [2.05, 4.69) is 23.8 Å². The van der Waals surface area contributed by atoms with Crippen LogP contribution in [0.4, 0.5) is 4.39 Å². The number of rotatable bonds is 6. The SMILES string of the molecule is Cc1nc(-c2ccnc(Cl)c2F)ccc1OCC(C)(N)CC(C)C. The number of hydrogen-bond donors (Lipinski definition) is 1. The van der Waals surface area contributed by atoms with Crippen molar-refractivity contribution in [1.82, 2.24) is 9.97 Å². The molecule has 0 aliphatic rings. The minimum atomic E-state index is -0.578. The minimum Gasteiger partial charge on any atom is -0.490 e. The summed E-state index contributed by atoms with van der Waals surface area (Å²) in [6.07, 6.45) is 2.31. The number of halogens is 2. The van der Waals surface area contributed by atoms with E-state index in [1.807, 2.05) is 13.8 Å². The molecule has 2 aromatic rings. The highest BCUT2D eigenvalue weighted by atomic mass is 35.5. The highest BCUT2D eigenvalue weighted by molar-refractivity contribution is 6.29. The molecule has 4 nitrogen and oxygen atoms in total. The molecule has 2 N–H and O–H groups in total. The molecule has 2 rings (SSSR count). The minimum absolute atomic E-state index is 0.167. The summed E-state index contributed by atoms with van der Waals surface area (Å²) in [5, 5.41) is -0.167. The summed E-state index contributed by atoms with van der Waals surface area (Å²) in [6, 6.07) is 5.02. The van der Waals surface area contributed by atoms with E-state index in [0.717, 1.165) is 6.42 Å². The van der Waals surface area contributed by atoms with Crippen LogP contribution in [-0.4, -0.2) is 22.1 Å². The number of pyridine rings is 2. The first-order valence-electron chi connectivity index (χ1n) is 7.89. The summed E-state index contributed by atoms with van der Waals surface area (Å²) < 4.78 is 19.9. The lowest BCUT2D eigenvalue weighted by Crippen LogP contribution is -2.43. The summed E-state index contributed by atoms with van der Waals surface area (Å²) in [4.78, 5) is 8.12. The van der Waals surface area contributed by atoms with Crippen LogP contribution in [0, 0.1) is 18.7 Å². The fraction of sp³-hybridized carbons (Fsp3) is 0.444. The van der Waals surface area contributed by atoms with Crippen LogP contribution >= 0.6 is 11.6 Å². The molecule has 0 spiro atoms. The van der Waals surface area contributed by atoms with Crippen molar-refractivity contribution in [2.75, 3.05) is 6.61 Å². The van der Waals surface area contributed by atoms with Gasteiger partial charge in [-0.2, -0.15) is 0 Å². The van der Waals surface area contributed by atoms with Crippen LogP contribution in [0.15, 0.2) is 24.4 Å². The van der Waals surface area contributed by atoms with Crippen molar-refractivity contribution < 1.29 is 9.13 Å². The normalized spacial score (nSPS) is 13.8. The molecule has 24 heavy (non-hydrogen) atoms. The number of ether oxygens (including phenoxy) is 1. The first-order valence-corrected chi connectivity index (χ1v) is 8.27. The smallest absolute Gasteiger partial charge is 0.169 e. The van der Waals surface area contributed by atoms with Crippen molar-refractivity contribution in [2.45, 2.75) is 39.7 Å². The van der Waals surface area contributed by atoms with Gasteiger partial charge in [-0.3, -0.25) is 0 Å². The Morgan fingerprint density at radius 3 is 2.67 bits per heavy atom. The maximum absolute atomic E-state index is 14.1. The van der Waals surface area contributed by atoms with Crippen LogP contribution in [0.5, 0.6) is 5.75 Å². The first-order chi connectivity index (χ1) is 11.2. The predicted molar refractivity (Wildman–Crippen MR) is 94.7 cm³/mol. The Kier molecular flexibility index (Phi) is 5.78. The van der Waals surface area contributed by atoms with Crippen molar-refractivity contribution in [3.05, 3.63) is 41.1 Å². The third-order valence-electron chi connectivity index (χ3n) is 3.59. The number of aryl methyl sites for hydroxylation is 1. The van der Waals surface area contributed by atoms with Crippen molar-refractivity contribution >= 4 is 11.6 Å². The zero-order chi connectivity index (χ0) is 17.9. The van der Waals surface area contributed by atoms with Gasteiger partial charge in [-0.1, -0.05) is 25.4 Å². The second-order valence-electron chi connectivity index (χ2n) is 6.78. The lowest BCUT2D eigenvalue weighted by molar-refractivity contribution is 0.205. The van der Waals surface area contributed by atoms with Gasteiger partial charge in [-0.25, -0.2) is 14.4 Å². The zero-order valence-corrected chi connectivity index (χ0v) is 15.2. The van der Waals surface area contributed by atoms with Crippen LogP contribution in [0.3, 0.4) is 0 Å². The molecule has 130 valence electrons. The monoisotopic (exact) mass is 351 g/mol. The Balaban J connectivity index is 2.17. The molecule has 1 unspecified atom stereocenters. The standard InChI is InChI=1S/C18H23ClFN3O/c1-11(2)9-18(4,21)10-24-15-6-5-14(23-12(15)3)13-7-8-22-17(19)16(13)20/h5-8,11H,9-10,21H2,1-4H3. The van der Waals surface area contributed by atoms with Crippen LogP contribution in [0.2, 0.25) is 5.15 Å². The van der Waals surface area contributed by atoms with E-state index in [4.69, 9.17) is 22.1 Å². The third-order valence-corrected chi connectivity index (χ3v) is 3.86. The Hall–Kier alpha value is -1.72. The van der Waals surface area contributed by atoms with Gasteiger partial charge in [-0.15, -0.1) is 0 Å². The van der Waals surface area contributed by atoms with E-state index in [-0.39, 0.29) is 5.15 Å². The van der Waals surface area contributed by atoms with Crippen molar-refractivity contribution in [2.24, 2.45) is 11.7 Å². The molecule has 1 atom stereocenters. The molecule has 0 saturated heterocycles. The van der Waals surface area contributed by atoms with E-state index >= 15 is 0 Å². The average Bonchev–Trinajstić information content (AvgIpc) is 2.47. The highest BCUT2D eigenvalue weighted by Gasteiger charge is 2.21. The molecule has 0 bridgehead atoms. The molecular weight excluding hydrogens is 329 g/mol. The second kappa shape index (κ2) is 7.45. The molecule has 0 aliphatic carbocycles. The summed E-state index contributed by atoms with van der Waals surface area (Å²) in [5.41, 5.74) is 7.31. The molecule has 6 heteroatoms. The topological polar surface area (TPSA) is 61.0 Å². The maximum atomic E-state index is 14.1. The Morgan fingerprint density at radius 2 is 2.04 bits per heavy atom. The van der Waals surface area contributed by atoms with Gasteiger partial charge in [-0.05, 0) is 44.4 Å². The van der Waals surface area contributed by atoms with E-state index in [1.165, 1.54) is 6.20 Å². The average molecular weight is 352 g/mol. The van der Waals surface area contributed by atoms with Gasteiger partial charge in [0, 0.05) is 17.3 Å². The zero-order valence-electron chi connectivity index (χ0n) is 14.4. The fourth-order valence-electron chi connectivity index (χ4n) is 2.70. The molecule has 0 aliphatic heterocycles. The summed E-state index contributed by atoms with van der Waals surface area (Å²) in [6.45, 7) is 8.43. The van der Waals surface area contributed by atoms with Gasteiger partial charge in [0.15, 0.2) is 11.0 Å². The second-order valence-corrected chi connectivity index (χ2v) is 7.14. The van der Waals surface area contributed by atoms with Gasteiger partial charge >= 0.3 is 0 Å². The van der Waals surface area contributed by atoms with Crippen LogP contribution in [0.25, 0.3) is 11.3 Å². The lowest BCUT2D eigenvalue weighted by atomic mass is 9.93. The quantitative estimate of drug-likeness (QED) is 0.784. The maximum Gasteiger partial charge on any atom is 0.169 e. The van der Waals surface area contributed by atoms with E-state index in [0.29, 0.717) is 35.2 Å². The van der Waals surface area contributed by atoms with Crippen molar-refractivity contribution in [3.63, 3.8) is 0 Å². The highest BCUT2D eigenvalue weighted by Crippen LogP contribution is 2.27. The van der Waals surface area contributed by atoms with Crippen LogP contribution < -0.4 is 10.5 Å². The predicted octanol–water partition coefficient (Wildman–Crippen LogP) is 4.39. The third kappa shape index (κ3) is 4.65. The van der Waals surface area contributed by atoms with Gasteiger partial charge in [0.1, 0.15) is 12.4 Å². The largest absolute Gasteiger partial charge is 0.490 e. The van der Waals surface area contributed by atoms with Crippen LogP contribution in [0.1, 0.15) is 32.9 Å². The van der Waals surface area contributed by atoms with E-state index in [9.17, 15) is 4.39 Å². The number of aromatic nitrogens is 2. The molecule has 2 heterocycles. The number of nitrogens with two attached hydrogens (primary N) is 1.